The lowest BCUT2D eigenvalue weighted by atomic mass is 9.81. The van der Waals surface area contributed by atoms with Gasteiger partial charge in [-0.2, -0.15) is 0 Å². The topological polar surface area (TPSA) is 61.3 Å². The predicted octanol–water partition coefficient (Wildman–Crippen LogP) is 2.83. The summed E-state index contributed by atoms with van der Waals surface area (Å²) in [6, 6.07) is 12.3. The van der Waals surface area contributed by atoms with Crippen LogP contribution in [0.3, 0.4) is 0 Å². The SMILES string of the molecule is COc1ccc2cc(C(N)C(C)(C)CN)ccc2c1. The van der Waals surface area contributed by atoms with E-state index in [4.69, 9.17) is 16.2 Å². The molecule has 2 aromatic carbocycles. The highest BCUT2D eigenvalue weighted by atomic mass is 16.5. The van der Waals surface area contributed by atoms with E-state index >= 15 is 0 Å². The Kier molecular flexibility index (Phi) is 3.78. The van der Waals surface area contributed by atoms with Crippen LogP contribution in [0.5, 0.6) is 5.75 Å². The Balaban J connectivity index is 2.42. The summed E-state index contributed by atoms with van der Waals surface area (Å²) >= 11 is 0. The van der Waals surface area contributed by atoms with Crippen LogP contribution < -0.4 is 16.2 Å². The fraction of sp³-hybridized carbons (Fsp3) is 0.375. The Morgan fingerprint density at radius 3 is 2.37 bits per heavy atom. The molecule has 2 aromatic rings. The van der Waals surface area contributed by atoms with E-state index in [1.165, 1.54) is 5.39 Å². The number of methoxy groups -OCH3 is 1. The van der Waals surface area contributed by atoms with Gasteiger partial charge in [0.25, 0.3) is 0 Å². The molecule has 0 heterocycles. The first kappa shape index (κ1) is 13.8. The van der Waals surface area contributed by atoms with Gasteiger partial charge >= 0.3 is 0 Å². The van der Waals surface area contributed by atoms with Crippen LogP contribution in [-0.4, -0.2) is 13.7 Å². The van der Waals surface area contributed by atoms with E-state index in [1.807, 2.05) is 12.1 Å². The van der Waals surface area contributed by atoms with E-state index in [9.17, 15) is 0 Å². The first-order chi connectivity index (χ1) is 8.97. The zero-order valence-corrected chi connectivity index (χ0v) is 11.8. The van der Waals surface area contributed by atoms with Crippen LogP contribution in [0, 0.1) is 5.41 Å². The third-order valence-corrected chi connectivity index (χ3v) is 3.80. The van der Waals surface area contributed by atoms with Gasteiger partial charge in [0.15, 0.2) is 0 Å². The van der Waals surface area contributed by atoms with Gasteiger partial charge < -0.3 is 16.2 Å². The molecule has 0 saturated carbocycles. The zero-order valence-electron chi connectivity index (χ0n) is 11.8. The lowest BCUT2D eigenvalue weighted by molar-refractivity contribution is 0.301. The fourth-order valence-corrected chi connectivity index (χ4v) is 2.14. The Bertz CT molecular complexity index is 578. The van der Waals surface area contributed by atoms with Gasteiger partial charge in [-0.3, -0.25) is 0 Å². The van der Waals surface area contributed by atoms with Crippen molar-refractivity contribution in [2.45, 2.75) is 19.9 Å². The fourth-order valence-electron chi connectivity index (χ4n) is 2.14. The standard InChI is InChI=1S/C16H22N2O/c1-16(2,10-17)15(18)13-5-4-12-9-14(19-3)7-6-11(12)8-13/h4-9,15H,10,17-18H2,1-3H3. The van der Waals surface area contributed by atoms with E-state index < -0.39 is 0 Å². The van der Waals surface area contributed by atoms with Crippen molar-refractivity contribution in [1.29, 1.82) is 0 Å². The number of hydrogen-bond acceptors (Lipinski definition) is 3. The second-order valence-corrected chi connectivity index (χ2v) is 5.64. The summed E-state index contributed by atoms with van der Waals surface area (Å²) in [5.41, 5.74) is 13.1. The van der Waals surface area contributed by atoms with Crippen molar-refractivity contribution in [2.75, 3.05) is 13.7 Å². The van der Waals surface area contributed by atoms with Gasteiger partial charge in [0, 0.05) is 6.04 Å². The molecule has 102 valence electrons. The van der Waals surface area contributed by atoms with Crippen LogP contribution in [0.15, 0.2) is 36.4 Å². The normalized spacial score (nSPS) is 13.5. The predicted molar refractivity (Wildman–Crippen MR) is 80.3 cm³/mol. The largest absolute Gasteiger partial charge is 0.497 e. The molecule has 19 heavy (non-hydrogen) atoms. The molecule has 0 bridgehead atoms. The van der Waals surface area contributed by atoms with E-state index in [2.05, 4.69) is 38.1 Å². The van der Waals surface area contributed by atoms with Crippen LogP contribution in [0.1, 0.15) is 25.5 Å². The average molecular weight is 258 g/mol. The van der Waals surface area contributed by atoms with E-state index in [-0.39, 0.29) is 11.5 Å². The van der Waals surface area contributed by atoms with Crippen LogP contribution in [0.4, 0.5) is 0 Å². The molecule has 3 nitrogen and oxygen atoms in total. The molecule has 0 radical (unpaired) electrons. The van der Waals surface area contributed by atoms with Gasteiger partial charge in [-0.15, -0.1) is 0 Å². The average Bonchev–Trinajstić information content (AvgIpc) is 2.45. The van der Waals surface area contributed by atoms with E-state index in [1.54, 1.807) is 7.11 Å². The number of ether oxygens (including phenoxy) is 1. The van der Waals surface area contributed by atoms with Gasteiger partial charge in [0.2, 0.25) is 0 Å². The molecule has 1 unspecified atom stereocenters. The van der Waals surface area contributed by atoms with Gasteiger partial charge in [-0.1, -0.05) is 32.0 Å². The number of fused-ring (bicyclic) bond motifs is 1. The molecule has 0 aliphatic heterocycles. The molecule has 0 fully saturated rings. The van der Waals surface area contributed by atoms with Crippen molar-refractivity contribution in [3.8, 4) is 5.75 Å². The summed E-state index contributed by atoms with van der Waals surface area (Å²) in [4.78, 5) is 0. The lowest BCUT2D eigenvalue weighted by Gasteiger charge is -2.30. The minimum absolute atomic E-state index is 0.0657. The first-order valence-corrected chi connectivity index (χ1v) is 6.51. The highest BCUT2D eigenvalue weighted by Crippen LogP contribution is 2.32. The minimum atomic E-state index is -0.111. The maximum Gasteiger partial charge on any atom is 0.119 e. The molecular formula is C16H22N2O. The smallest absolute Gasteiger partial charge is 0.119 e. The van der Waals surface area contributed by atoms with Crippen molar-refractivity contribution in [1.82, 2.24) is 0 Å². The molecule has 0 saturated heterocycles. The molecule has 0 aliphatic rings. The summed E-state index contributed by atoms with van der Waals surface area (Å²) < 4.78 is 5.23. The second-order valence-electron chi connectivity index (χ2n) is 5.64. The minimum Gasteiger partial charge on any atom is -0.497 e. The zero-order chi connectivity index (χ0) is 14.0. The van der Waals surface area contributed by atoms with Crippen molar-refractivity contribution in [3.05, 3.63) is 42.0 Å². The highest BCUT2D eigenvalue weighted by Gasteiger charge is 2.26. The summed E-state index contributed by atoms with van der Waals surface area (Å²) in [7, 11) is 1.68. The molecule has 0 aromatic heterocycles. The van der Waals surface area contributed by atoms with E-state index in [0.29, 0.717) is 6.54 Å². The van der Waals surface area contributed by atoms with E-state index in [0.717, 1.165) is 16.7 Å². The third-order valence-electron chi connectivity index (χ3n) is 3.80. The molecule has 1 atom stereocenters. The maximum absolute atomic E-state index is 6.33. The Labute approximate surface area is 114 Å². The Hall–Kier alpha value is -1.58. The molecule has 2 rings (SSSR count). The van der Waals surface area contributed by atoms with Crippen molar-refractivity contribution in [3.63, 3.8) is 0 Å². The van der Waals surface area contributed by atoms with Crippen LogP contribution in [-0.2, 0) is 0 Å². The van der Waals surface area contributed by atoms with Gasteiger partial charge in [0.1, 0.15) is 5.75 Å². The number of benzene rings is 2. The first-order valence-electron chi connectivity index (χ1n) is 6.51. The summed E-state index contributed by atoms with van der Waals surface area (Å²) in [6.45, 7) is 4.75. The molecule has 0 spiro atoms. The maximum atomic E-state index is 6.33. The number of nitrogens with two attached hydrogens (primary N) is 2. The molecule has 0 aliphatic carbocycles. The molecule has 4 N–H and O–H groups in total. The molecule has 3 heteroatoms. The summed E-state index contributed by atoms with van der Waals surface area (Å²) in [5, 5.41) is 2.32. The van der Waals surface area contributed by atoms with Crippen molar-refractivity contribution in [2.24, 2.45) is 16.9 Å². The van der Waals surface area contributed by atoms with Gasteiger partial charge in [0.05, 0.1) is 7.11 Å². The monoisotopic (exact) mass is 258 g/mol. The van der Waals surface area contributed by atoms with Crippen LogP contribution in [0.2, 0.25) is 0 Å². The number of hydrogen-bond donors (Lipinski definition) is 2. The van der Waals surface area contributed by atoms with Crippen molar-refractivity contribution >= 4 is 10.8 Å². The van der Waals surface area contributed by atoms with Crippen LogP contribution in [0.25, 0.3) is 10.8 Å². The highest BCUT2D eigenvalue weighted by molar-refractivity contribution is 5.84. The quantitative estimate of drug-likeness (QED) is 0.886. The van der Waals surface area contributed by atoms with Crippen LogP contribution >= 0.6 is 0 Å². The Morgan fingerprint density at radius 1 is 1.11 bits per heavy atom. The van der Waals surface area contributed by atoms with Gasteiger partial charge in [-0.05, 0) is 46.5 Å². The molecule has 0 amide bonds. The van der Waals surface area contributed by atoms with Crippen molar-refractivity contribution < 1.29 is 4.74 Å². The van der Waals surface area contributed by atoms with Gasteiger partial charge in [-0.25, -0.2) is 0 Å². The summed E-state index contributed by atoms with van der Waals surface area (Å²) in [5.74, 6) is 0.867. The Morgan fingerprint density at radius 2 is 1.74 bits per heavy atom. The second kappa shape index (κ2) is 5.19. The summed E-state index contributed by atoms with van der Waals surface area (Å²) in [6.07, 6.45) is 0. The lowest BCUT2D eigenvalue weighted by Crippen LogP contribution is -2.35. The number of rotatable bonds is 4. The molecular weight excluding hydrogens is 236 g/mol. The third kappa shape index (κ3) is 2.72.